The standard InChI is InChI=1S/C17H16BrNO4S/c1-22-16(15-10-12-6-2-4-8-14(12)23-15)11-19-24(20,21)17-9-5-3-7-13(17)18/h2-10,16,19H,11H2,1H3. The monoisotopic (exact) mass is 409 g/mol. The van der Waals surface area contributed by atoms with E-state index < -0.39 is 16.1 Å². The number of rotatable bonds is 6. The van der Waals surface area contributed by atoms with Gasteiger partial charge in [-0.1, -0.05) is 30.3 Å². The van der Waals surface area contributed by atoms with Gasteiger partial charge in [-0.2, -0.15) is 0 Å². The number of fused-ring (bicyclic) bond motifs is 1. The second-order valence-corrected chi connectivity index (χ2v) is 7.78. The maximum atomic E-state index is 12.4. The number of halogens is 1. The van der Waals surface area contributed by atoms with E-state index in [2.05, 4.69) is 20.7 Å². The van der Waals surface area contributed by atoms with E-state index >= 15 is 0 Å². The van der Waals surface area contributed by atoms with Crippen molar-refractivity contribution in [2.24, 2.45) is 0 Å². The molecule has 0 spiro atoms. The molecule has 0 amide bonds. The summed E-state index contributed by atoms with van der Waals surface area (Å²) in [6.45, 7) is 0.0694. The molecule has 1 atom stereocenters. The molecule has 3 aromatic rings. The van der Waals surface area contributed by atoms with Crippen molar-refractivity contribution in [2.75, 3.05) is 13.7 Å². The van der Waals surface area contributed by atoms with Gasteiger partial charge in [0.1, 0.15) is 17.4 Å². The van der Waals surface area contributed by atoms with E-state index in [0.717, 1.165) is 11.0 Å². The number of hydrogen-bond acceptors (Lipinski definition) is 4. The van der Waals surface area contributed by atoms with E-state index in [1.807, 2.05) is 30.3 Å². The van der Waals surface area contributed by atoms with E-state index in [-0.39, 0.29) is 11.4 Å². The first-order valence-electron chi connectivity index (χ1n) is 7.27. The van der Waals surface area contributed by atoms with Crippen LogP contribution in [0.1, 0.15) is 11.9 Å². The molecule has 126 valence electrons. The molecule has 0 fully saturated rings. The minimum absolute atomic E-state index is 0.0694. The van der Waals surface area contributed by atoms with Crippen LogP contribution >= 0.6 is 15.9 Å². The molecule has 0 bridgehead atoms. The Hall–Kier alpha value is -1.67. The second-order valence-electron chi connectivity index (χ2n) is 5.19. The van der Waals surface area contributed by atoms with Crippen LogP contribution in [-0.2, 0) is 14.8 Å². The Morgan fingerprint density at radius 3 is 2.58 bits per heavy atom. The molecular weight excluding hydrogens is 394 g/mol. The molecule has 1 N–H and O–H groups in total. The van der Waals surface area contributed by atoms with Gasteiger partial charge in [0.2, 0.25) is 10.0 Å². The van der Waals surface area contributed by atoms with Crippen molar-refractivity contribution in [3.63, 3.8) is 0 Å². The predicted octanol–water partition coefficient (Wildman–Crippen LogP) is 3.86. The highest BCUT2D eigenvalue weighted by Gasteiger charge is 2.22. The van der Waals surface area contributed by atoms with Crippen molar-refractivity contribution < 1.29 is 17.6 Å². The van der Waals surface area contributed by atoms with Crippen LogP contribution in [0.5, 0.6) is 0 Å². The first kappa shape index (κ1) is 17.2. The number of methoxy groups -OCH3 is 1. The van der Waals surface area contributed by atoms with E-state index in [1.54, 1.807) is 18.2 Å². The average molecular weight is 410 g/mol. The quantitative estimate of drug-likeness (QED) is 0.670. The Balaban J connectivity index is 1.80. The largest absolute Gasteiger partial charge is 0.458 e. The summed E-state index contributed by atoms with van der Waals surface area (Å²) >= 11 is 3.26. The van der Waals surface area contributed by atoms with Crippen LogP contribution in [0.3, 0.4) is 0 Å². The van der Waals surface area contributed by atoms with Crippen LogP contribution in [0.4, 0.5) is 0 Å². The molecule has 0 radical (unpaired) electrons. The predicted molar refractivity (Wildman–Crippen MR) is 95.3 cm³/mol. The molecule has 24 heavy (non-hydrogen) atoms. The molecule has 0 aliphatic rings. The van der Waals surface area contributed by atoms with Gasteiger partial charge in [-0.15, -0.1) is 0 Å². The molecular formula is C17H16BrNO4S. The SMILES string of the molecule is COC(CNS(=O)(=O)c1ccccc1Br)c1cc2ccccc2o1. The van der Waals surface area contributed by atoms with Crippen LogP contribution < -0.4 is 4.72 Å². The Kier molecular flexibility index (Phi) is 5.05. The summed E-state index contributed by atoms with van der Waals surface area (Å²) in [4.78, 5) is 0.185. The summed E-state index contributed by atoms with van der Waals surface area (Å²) in [5.74, 6) is 0.577. The van der Waals surface area contributed by atoms with Crippen molar-refractivity contribution in [3.8, 4) is 0 Å². The van der Waals surface area contributed by atoms with Crippen LogP contribution in [0.15, 0.2) is 68.4 Å². The molecule has 0 saturated heterocycles. The van der Waals surface area contributed by atoms with Crippen molar-refractivity contribution in [3.05, 3.63) is 64.8 Å². The fourth-order valence-electron chi connectivity index (χ4n) is 2.39. The lowest BCUT2D eigenvalue weighted by Gasteiger charge is -2.14. The minimum atomic E-state index is -3.65. The molecule has 1 unspecified atom stereocenters. The summed E-state index contributed by atoms with van der Waals surface area (Å²) < 4.78 is 39.1. The van der Waals surface area contributed by atoms with Gasteiger partial charge in [0.05, 0.1) is 4.90 Å². The number of nitrogens with one attached hydrogen (secondary N) is 1. The van der Waals surface area contributed by atoms with Crippen LogP contribution in [-0.4, -0.2) is 22.1 Å². The average Bonchev–Trinajstić information content (AvgIpc) is 2.99. The van der Waals surface area contributed by atoms with Gasteiger partial charge in [0, 0.05) is 23.5 Å². The Morgan fingerprint density at radius 1 is 1.17 bits per heavy atom. The van der Waals surface area contributed by atoms with Crippen LogP contribution in [0.25, 0.3) is 11.0 Å². The number of ether oxygens (including phenoxy) is 1. The van der Waals surface area contributed by atoms with Gasteiger partial charge in [0.25, 0.3) is 0 Å². The minimum Gasteiger partial charge on any atom is -0.458 e. The number of sulfonamides is 1. The smallest absolute Gasteiger partial charge is 0.241 e. The fraction of sp³-hybridized carbons (Fsp3) is 0.176. The van der Waals surface area contributed by atoms with Gasteiger partial charge in [-0.3, -0.25) is 0 Å². The van der Waals surface area contributed by atoms with Crippen LogP contribution in [0, 0.1) is 0 Å². The zero-order chi connectivity index (χ0) is 17.2. The zero-order valence-corrected chi connectivity index (χ0v) is 15.3. The lowest BCUT2D eigenvalue weighted by molar-refractivity contribution is 0.0893. The first-order valence-corrected chi connectivity index (χ1v) is 9.54. The Labute approximate surface area is 148 Å². The van der Waals surface area contributed by atoms with E-state index in [1.165, 1.54) is 13.2 Å². The van der Waals surface area contributed by atoms with Gasteiger partial charge >= 0.3 is 0 Å². The third kappa shape index (κ3) is 3.54. The molecule has 3 rings (SSSR count). The highest BCUT2D eigenvalue weighted by Crippen LogP contribution is 2.26. The van der Waals surface area contributed by atoms with Crippen molar-refractivity contribution in [1.82, 2.24) is 4.72 Å². The molecule has 0 aliphatic heterocycles. The second kappa shape index (κ2) is 7.06. The number of benzene rings is 2. The molecule has 1 heterocycles. The zero-order valence-electron chi connectivity index (χ0n) is 12.9. The van der Waals surface area contributed by atoms with Gasteiger partial charge in [-0.25, -0.2) is 13.1 Å². The lowest BCUT2D eigenvalue weighted by atomic mass is 10.2. The van der Waals surface area contributed by atoms with Crippen molar-refractivity contribution >= 4 is 36.9 Å². The number of para-hydroxylation sites is 1. The number of furan rings is 1. The summed E-state index contributed by atoms with van der Waals surface area (Å²) in [7, 11) is -2.13. The number of hydrogen-bond donors (Lipinski definition) is 1. The fourth-order valence-corrected chi connectivity index (χ4v) is 4.42. The summed E-state index contributed by atoms with van der Waals surface area (Å²) in [6.07, 6.45) is -0.519. The first-order chi connectivity index (χ1) is 11.5. The van der Waals surface area contributed by atoms with Gasteiger partial charge in [0.15, 0.2) is 0 Å². The molecule has 5 nitrogen and oxygen atoms in total. The Bertz CT molecular complexity index is 919. The molecule has 7 heteroatoms. The van der Waals surface area contributed by atoms with Crippen molar-refractivity contribution in [1.29, 1.82) is 0 Å². The van der Waals surface area contributed by atoms with Crippen molar-refractivity contribution in [2.45, 2.75) is 11.0 Å². The van der Waals surface area contributed by atoms with E-state index in [9.17, 15) is 8.42 Å². The topological polar surface area (TPSA) is 68.5 Å². The van der Waals surface area contributed by atoms with Crippen LogP contribution in [0.2, 0.25) is 0 Å². The van der Waals surface area contributed by atoms with E-state index in [4.69, 9.17) is 9.15 Å². The highest BCUT2D eigenvalue weighted by atomic mass is 79.9. The van der Waals surface area contributed by atoms with E-state index in [0.29, 0.717) is 10.2 Å². The summed E-state index contributed by atoms with van der Waals surface area (Å²) in [5.41, 5.74) is 0.739. The third-order valence-corrected chi connectivity index (χ3v) is 6.07. The lowest BCUT2D eigenvalue weighted by Crippen LogP contribution is -2.29. The van der Waals surface area contributed by atoms with Gasteiger partial charge in [-0.05, 0) is 40.2 Å². The summed E-state index contributed by atoms with van der Waals surface area (Å²) in [6, 6.07) is 16.1. The highest BCUT2D eigenvalue weighted by molar-refractivity contribution is 9.10. The molecule has 1 aromatic heterocycles. The molecule has 0 aliphatic carbocycles. The normalized spacial score (nSPS) is 13.2. The third-order valence-electron chi connectivity index (χ3n) is 3.63. The Morgan fingerprint density at radius 2 is 1.88 bits per heavy atom. The maximum absolute atomic E-state index is 12.4. The maximum Gasteiger partial charge on any atom is 0.241 e. The molecule has 0 saturated carbocycles. The van der Waals surface area contributed by atoms with Gasteiger partial charge < -0.3 is 9.15 Å². The molecule has 2 aromatic carbocycles. The summed E-state index contributed by atoms with van der Waals surface area (Å²) in [5, 5.41) is 0.947.